The number of nitrogens with one attached hydrogen (secondary N) is 1. The fraction of sp³-hybridized carbons (Fsp3) is 1.00. The molecule has 1 rings (SSSR count). The zero-order valence-electron chi connectivity index (χ0n) is 5.93. The molecule has 1 heterocycles. The Bertz CT molecular complexity index is 54.9. The topological polar surface area (TPSA) is 15.0 Å². The van der Waals surface area contributed by atoms with Crippen molar-refractivity contribution in [2.24, 2.45) is 0 Å². The lowest BCUT2D eigenvalue weighted by Crippen LogP contribution is -1.95. The summed E-state index contributed by atoms with van der Waals surface area (Å²) >= 11 is 0. The maximum atomic E-state index is 2.93. The van der Waals surface area contributed by atoms with Crippen molar-refractivity contribution < 1.29 is 0 Å². The van der Waals surface area contributed by atoms with Gasteiger partial charge in [-0.05, 0) is 13.0 Å². The molecule has 9 heavy (non-hydrogen) atoms. The van der Waals surface area contributed by atoms with Crippen molar-refractivity contribution in [3.63, 3.8) is 0 Å². The molecule has 0 aromatic carbocycles. The summed E-state index contributed by atoms with van der Waals surface area (Å²) in [6, 6.07) is 0. The third-order valence-corrected chi connectivity index (χ3v) is 1.68. The Labute approximate surface area is 62.3 Å². The second-order valence-corrected chi connectivity index (χ2v) is 3.13. The largest absolute Gasteiger partial charge is 0.301 e. The summed E-state index contributed by atoms with van der Waals surface area (Å²) in [4.78, 5) is 0. The van der Waals surface area contributed by atoms with Gasteiger partial charge < -0.3 is 5.09 Å². The van der Waals surface area contributed by atoms with Gasteiger partial charge in [-0.3, -0.25) is 4.67 Å². The minimum atomic E-state index is 1.10. The van der Waals surface area contributed by atoms with E-state index < -0.39 is 0 Å². The molecule has 1 fully saturated rings. The maximum Gasteiger partial charge on any atom is 0.0148 e. The smallest absolute Gasteiger partial charge is 0.0148 e. The average Bonchev–Trinajstić information content (AvgIpc) is 2.55. The first kappa shape index (κ1) is 9.78. The summed E-state index contributed by atoms with van der Waals surface area (Å²) in [7, 11) is 5.05. The highest BCUT2D eigenvalue weighted by atomic mass is 31.0. The summed E-state index contributed by atoms with van der Waals surface area (Å²) in [5, 5.41) is 2.93. The van der Waals surface area contributed by atoms with Gasteiger partial charge in [0.05, 0.1) is 0 Å². The van der Waals surface area contributed by atoms with Crippen molar-refractivity contribution in [3.8, 4) is 0 Å². The molecule has 2 unspecified atom stereocenters. The molecule has 0 radical (unpaired) electrons. The van der Waals surface area contributed by atoms with Crippen LogP contribution in [0.5, 0.6) is 0 Å². The van der Waals surface area contributed by atoms with Crippen molar-refractivity contribution in [1.82, 2.24) is 9.76 Å². The Morgan fingerprint density at radius 2 is 2.00 bits per heavy atom. The van der Waals surface area contributed by atoms with Gasteiger partial charge in [0, 0.05) is 13.1 Å². The summed E-state index contributed by atoms with van der Waals surface area (Å²) in [5.41, 5.74) is 0. The van der Waals surface area contributed by atoms with Gasteiger partial charge in [-0.15, -0.1) is 0 Å². The molecular weight excluding hydrogens is 150 g/mol. The van der Waals surface area contributed by atoms with E-state index in [4.69, 9.17) is 0 Å². The van der Waals surface area contributed by atoms with Crippen LogP contribution < -0.4 is 5.09 Å². The van der Waals surface area contributed by atoms with Gasteiger partial charge in [0.2, 0.25) is 0 Å². The van der Waals surface area contributed by atoms with Crippen LogP contribution in [-0.2, 0) is 0 Å². The van der Waals surface area contributed by atoms with E-state index >= 15 is 0 Å². The van der Waals surface area contributed by atoms with Crippen LogP contribution in [0, 0.1) is 0 Å². The average molecular weight is 166 g/mol. The van der Waals surface area contributed by atoms with Crippen LogP contribution in [0.3, 0.4) is 0 Å². The third-order valence-electron chi connectivity index (χ3n) is 0.876. The highest BCUT2D eigenvalue weighted by Gasteiger charge is 2.07. The Balaban J connectivity index is 0.000000144. The molecule has 2 atom stereocenters. The lowest BCUT2D eigenvalue weighted by molar-refractivity contribution is 0.878. The summed E-state index contributed by atoms with van der Waals surface area (Å²) in [6.45, 7) is 5.80. The predicted molar refractivity (Wildman–Crippen MR) is 49.3 cm³/mol. The summed E-state index contributed by atoms with van der Waals surface area (Å²) in [5.74, 6) is 0. The molecule has 1 N–H and O–H groups in total. The molecule has 0 bridgehead atoms. The first-order valence-electron chi connectivity index (χ1n) is 3.24. The van der Waals surface area contributed by atoms with Crippen molar-refractivity contribution in [3.05, 3.63) is 0 Å². The summed E-state index contributed by atoms with van der Waals surface area (Å²) < 4.78 is 2.17. The van der Waals surface area contributed by atoms with E-state index in [2.05, 4.69) is 35.5 Å². The van der Waals surface area contributed by atoms with Gasteiger partial charge in [0.25, 0.3) is 0 Å². The molecule has 1 saturated heterocycles. The Hall–Kier alpha value is 0.780. The lowest BCUT2D eigenvalue weighted by Gasteiger charge is -1.84. The Kier molecular flexibility index (Phi) is 7.49. The first-order chi connectivity index (χ1) is 4.31. The number of nitrogens with zero attached hydrogens (tertiary/aromatic N) is 1. The van der Waals surface area contributed by atoms with E-state index in [1.807, 2.05) is 0 Å². The van der Waals surface area contributed by atoms with Gasteiger partial charge in [-0.2, -0.15) is 0 Å². The highest BCUT2D eigenvalue weighted by Crippen LogP contribution is 2.07. The van der Waals surface area contributed by atoms with Gasteiger partial charge in [0.15, 0.2) is 0 Å². The fourth-order valence-electron chi connectivity index (χ4n) is 0.202. The number of rotatable bonds is 2. The molecule has 0 saturated carbocycles. The number of hydrogen-bond acceptors (Lipinski definition) is 2. The van der Waals surface area contributed by atoms with E-state index in [0.717, 1.165) is 6.54 Å². The standard InChI is InChI=1S/C3H10NP.C2H6NP/c1-2-3-4-5;4-3-1-2-3/h4H,2-3,5H2,1H3;1-2,4H2. The molecule has 0 aromatic heterocycles. The van der Waals surface area contributed by atoms with E-state index in [1.54, 1.807) is 0 Å². The van der Waals surface area contributed by atoms with Gasteiger partial charge >= 0.3 is 0 Å². The molecule has 1 aliphatic rings. The first-order valence-corrected chi connectivity index (χ1v) is 4.33. The van der Waals surface area contributed by atoms with Gasteiger partial charge in [-0.1, -0.05) is 25.7 Å². The fourth-order valence-corrected chi connectivity index (χ4v) is 0.606. The lowest BCUT2D eigenvalue weighted by atomic mass is 10.5. The zero-order valence-corrected chi connectivity index (χ0v) is 8.24. The molecule has 0 spiro atoms. The van der Waals surface area contributed by atoms with Crippen LogP contribution in [0.1, 0.15) is 13.3 Å². The Morgan fingerprint density at radius 1 is 1.56 bits per heavy atom. The molecule has 0 amide bonds. The zero-order chi connectivity index (χ0) is 7.11. The van der Waals surface area contributed by atoms with Gasteiger partial charge in [0.1, 0.15) is 0 Å². The molecule has 0 aromatic rings. The van der Waals surface area contributed by atoms with Crippen molar-refractivity contribution in [1.29, 1.82) is 0 Å². The van der Waals surface area contributed by atoms with E-state index in [1.165, 1.54) is 19.5 Å². The van der Waals surface area contributed by atoms with E-state index in [0.29, 0.717) is 0 Å². The maximum absolute atomic E-state index is 2.93. The van der Waals surface area contributed by atoms with Crippen molar-refractivity contribution >= 4 is 18.8 Å². The second kappa shape index (κ2) is 6.89. The third kappa shape index (κ3) is 12.1. The van der Waals surface area contributed by atoms with Gasteiger partial charge in [-0.25, -0.2) is 0 Å². The van der Waals surface area contributed by atoms with Crippen LogP contribution in [0.15, 0.2) is 0 Å². The summed E-state index contributed by atoms with van der Waals surface area (Å²) in [6.07, 6.45) is 1.21. The second-order valence-electron chi connectivity index (χ2n) is 1.99. The molecular formula is C5H16N2P2. The molecule has 56 valence electrons. The predicted octanol–water partition coefficient (Wildman–Crippen LogP) is 0.868. The minimum absolute atomic E-state index is 1.10. The molecule has 0 aliphatic carbocycles. The number of hydrogen-bond donors (Lipinski definition) is 1. The highest BCUT2D eigenvalue weighted by molar-refractivity contribution is 7.13. The molecule has 4 heteroatoms. The minimum Gasteiger partial charge on any atom is -0.301 e. The Morgan fingerprint density at radius 3 is 2.00 bits per heavy atom. The monoisotopic (exact) mass is 166 g/mol. The van der Waals surface area contributed by atoms with Crippen LogP contribution >= 0.6 is 18.8 Å². The van der Waals surface area contributed by atoms with E-state index in [9.17, 15) is 0 Å². The normalized spacial score (nSPS) is 16.3. The van der Waals surface area contributed by atoms with Crippen molar-refractivity contribution in [2.45, 2.75) is 13.3 Å². The van der Waals surface area contributed by atoms with Crippen LogP contribution in [0.4, 0.5) is 0 Å². The van der Waals surface area contributed by atoms with Crippen LogP contribution in [0.2, 0.25) is 0 Å². The van der Waals surface area contributed by atoms with Crippen LogP contribution in [0.25, 0.3) is 0 Å². The van der Waals surface area contributed by atoms with Crippen molar-refractivity contribution in [2.75, 3.05) is 19.6 Å². The SMILES string of the molecule is CCCNP.PN1CC1. The van der Waals surface area contributed by atoms with Crippen LogP contribution in [-0.4, -0.2) is 24.3 Å². The quantitative estimate of drug-likeness (QED) is 0.483. The molecule has 2 nitrogen and oxygen atoms in total. The molecule has 1 aliphatic heterocycles. The van der Waals surface area contributed by atoms with E-state index in [-0.39, 0.29) is 0 Å².